The zero-order valence-electron chi connectivity index (χ0n) is 14.5. The van der Waals surface area contributed by atoms with Crippen LogP contribution >= 0.6 is 0 Å². The molecule has 0 radical (unpaired) electrons. The predicted molar refractivity (Wildman–Crippen MR) is 97.3 cm³/mol. The number of hydrogen-bond donors (Lipinski definition) is 0. The second-order valence-corrected chi connectivity index (χ2v) is 7.85. The highest BCUT2D eigenvalue weighted by atomic mass is 32.2. The Morgan fingerprint density at radius 2 is 1.69 bits per heavy atom. The summed E-state index contributed by atoms with van der Waals surface area (Å²) in [5.74, 6) is 1.18. The summed E-state index contributed by atoms with van der Waals surface area (Å²) in [6.45, 7) is 0.999. The lowest BCUT2D eigenvalue weighted by molar-refractivity contribution is -0.142. The van der Waals surface area contributed by atoms with E-state index < -0.39 is 16.2 Å². The zero-order chi connectivity index (χ0) is 18.6. The van der Waals surface area contributed by atoms with Gasteiger partial charge in [0, 0.05) is 13.1 Å². The monoisotopic (exact) mass is 375 g/mol. The van der Waals surface area contributed by atoms with Crippen LogP contribution in [-0.4, -0.2) is 38.1 Å². The Labute approximate surface area is 153 Å². The highest BCUT2D eigenvalue weighted by Gasteiger charge is 2.32. The molecule has 7 heteroatoms. The van der Waals surface area contributed by atoms with Crippen molar-refractivity contribution in [3.05, 3.63) is 60.2 Å². The Bertz CT molecular complexity index is 849. The first-order valence-corrected chi connectivity index (χ1v) is 10.2. The molecule has 1 fully saturated rings. The maximum atomic E-state index is 12.4. The number of benzene rings is 2. The number of hydrogen-bond acceptors (Lipinski definition) is 5. The first-order valence-electron chi connectivity index (χ1n) is 8.39. The van der Waals surface area contributed by atoms with Gasteiger partial charge in [0.25, 0.3) is 16.0 Å². The van der Waals surface area contributed by atoms with Gasteiger partial charge in [0.2, 0.25) is 0 Å². The van der Waals surface area contributed by atoms with Gasteiger partial charge >= 0.3 is 0 Å². The number of carbonyl (C=O) groups is 1. The van der Waals surface area contributed by atoms with E-state index in [1.807, 2.05) is 54.6 Å². The van der Waals surface area contributed by atoms with Gasteiger partial charge in [0.15, 0.2) is 6.10 Å². The van der Waals surface area contributed by atoms with E-state index in [1.165, 1.54) is 0 Å². The third-order valence-corrected chi connectivity index (χ3v) is 4.63. The predicted octanol–water partition coefficient (Wildman–Crippen LogP) is 2.95. The molecule has 1 unspecified atom stereocenters. The molecule has 138 valence electrons. The maximum Gasteiger partial charge on any atom is 0.265 e. The van der Waals surface area contributed by atoms with Gasteiger partial charge in [-0.3, -0.25) is 8.98 Å². The summed E-state index contributed by atoms with van der Waals surface area (Å²) in [6, 6.07) is 17.0. The Hall–Kier alpha value is -2.38. The molecule has 0 spiro atoms. The lowest BCUT2D eigenvalue weighted by Gasteiger charge is -2.31. The van der Waals surface area contributed by atoms with Crippen molar-refractivity contribution in [1.29, 1.82) is 0 Å². The zero-order valence-corrected chi connectivity index (χ0v) is 15.3. The van der Waals surface area contributed by atoms with E-state index in [2.05, 4.69) is 0 Å². The van der Waals surface area contributed by atoms with E-state index in [4.69, 9.17) is 8.92 Å². The lowest BCUT2D eigenvalue weighted by atomic mass is 10.1. The van der Waals surface area contributed by atoms with Crippen LogP contribution in [0, 0.1) is 0 Å². The summed E-state index contributed by atoms with van der Waals surface area (Å²) in [5, 5.41) is 0. The molecular formula is C19H21NO5S. The largest absolute Gasteiger partial charge is 0.457 e. The number of likely N-dealkylation sites (tertiary alicyclic amines) is 1. The third-order valence-electron chi connectivity index (χ3n) is 4.05. The molecule has 1 aliphatic rings. The molecule has 0 N–H and O–H groups in total. The molecular weight excluding hydrogens is 354 g/mol. The van der Waals surface area contributed by atoms with Gasteiger partial charge < -0.3 is 9.64 Å². The van der Waals surface area contributed by atoms with Gasteiger partial charge in [0.05, 0.1) is 6.26 Å². The minimum Gasteiger partial charge on any atom is -0.457 e. The minimum absolute atomic E-state index is 0.286. The van der Waals surface area contributed by atoms with Crippen molar-refractivity contribution < 1.29 is 22.1 Å². The second kappa shape index (κ2) is 7.88. The van der Waals surface area contributed by atoms with Gasteiger partial charge in [-0.05, 0) is 42.7 Å². The summed E-state index contributed by atoms with van der Waals surface area (Å²) in [6.07, 6.45) is 1.18. The van der Waals surface area contributed by atoms with Crippen molar-refractivity contribution in [2.45, 2.75) is 25.5 Å². The normalized spacial score (nSPS) is 18.0. The highest BCUT2D eigenvalue weighted by molar-refractivity contribution is 7.86. The summed E-state index contributed by atoms with van der Waals surface area (Å²) in [7, 11) is -3.65. The van der Waals surface area contributed by atoms with Gasteiger partial charge in [-0.1, -0.05) is 30.3 Å². The average molecular weight is 375 g/mol. The van der Waals surface area contributed by atoms with E-state index in [1.54, 1.807) is 4.90 Å². The van der Waals surface area contributed by atoms with Crippen LogP contribution in [0.5, 0.6) is 11.5 Å². The van der Waals surface area contributed by atoms with Crippen molar-refractivity contribution >= 4 is 16.0 Å². The van der Waals surface area contributed by atoms with E-state index in [0.717, 1.165) is 17.6 Å². The second-order valence-electron chi connectivity index (χ2n) is 6.25. The molecule has 0 bridgehead atoms. The minimum atomic E-state index is -3.65. The Morgan fingerprint density at radius 1 is 1.04 bits per heavy atom. The molecule has 2 aromatic rings. The van der Waals surface area contributed by atoms with Crippen LogP contribution in [0.25, 0.3) is 0 Å². The van der Waals surface area contributed by atoms with Gasteiger partial charge in [-0.25, -0.2) is 0 Å². The molecule has 0 aromatic heterocycles. The Kier molecular flexibility index (Phi) is 5.58. The van der Waals surface area contributed by atoms with Crippen molar-refractivity contribution in [2.75, 3.05) is 12.8 Å². The van der Waals surface area contributed by atoms with Crippen molar-refractivity contribution in [3.63, 3.8) is 0 Å². The van der Waals surface area contributed by atoms with E-state index in [-0.39, 0.29) is 5.91 Å². The number of piperidine rings is 1. The van der Waals surface area contributed by atoms with Crippen LogP contribution in [0.15, 0.2) is 54.6 Å². The van der Waals surface area contributed by atoms with Gasteiger partial charge in [-0.2, -0.15) is 8.42 Å². The standard InChI is InChI=1S/C19H21NO5S/c1-26(22,23)25-18-8-5-13-20(19(18)21)14-15-9-11-17(12-10-15)24-16-6-3-2-4-7-16/h2-4,6-7,9-12,18H,5,8,13-14H2,1H3. The topological polar surface area (TPSA) is 72.9 Å². The van der Waals surface area contributed by atoms with Crippen LogP contribution in [0.3, 0.4) is 0 Å². The smallest absolute Gasteiger partial charge is 0.265 e. The van der Waals surface area contributed by atoms with E-state index >= 15 is 0 Å². The molecule has 26 heavy (non-hydrogen) atoms. The first-order chi connectivity index (χ1) is 12.4. The highest BCUT2D eigenvalue weighted by Crippen LogP contribution is 2.23. The molecule has 1 aliphatic heterocycles. The number of ether oxygens (including phenoxy) is 1. The Balaban J connectivity index is 1.62. The van der Waals surface area contributed by atoms with Crippen molar-refractivity contribution in [3.8, 4) is 11.5 Å². The molecule has 1 atom stereocenters. The third kappa shape index (κ3) is 5.06. The number of carbonyl (C=O) groups excluding carboxylic acids is 1. The van der Waals surface area contributed by atoms with E-state index in [9.17, 15) is 13.2 Å². The summed E-state index contributed by atoms with van der Waals surface area (Å²) in [4.78, 5) is 14.1. The SMILES string of the molecule is CS(=O)(=O)OC1CCCN(Cc2ccc(Oc3ccccc3)cc2)C1=O. The van der Waals surface area contributed by atoms with Crippen molar-refractivity contribution in [2.24, 2.45) is 0 Å². The molecule has 1 heterocycles. The quantitative estimate of drug-likeness (QED) is 0.726. The number of nitrogens with zero attached hydrogens (tertiary/aromatic N) is 1. The molecule has 0 saturated carbocycles. The van der Waals surface area contributed by atoms with Crippen LogP contribution in [-0.2, 0) is 25.6 Å². The van der Waals surface area contributed by atoms with Crippen LogP contribution in [0.1, 0.15) is 18.4 Å². The van der Waals surface area contributed by atoms with Crippen LogP contribution in [0.4, 0.5) is 0 Å². The summed E-state index contributed by atoms with van der Waals surface area (Å²) < 4.78 is 33.2. The molecule has 1 amide bonds. The van der Waals surface area contributed by atoms with E-state index in [0.29, 0.717) is 31.7 Å². The van der Waals surface area contributed by atoms with Crippen molar-refractivity contribution in [1.82, 2.24) is 4.90 Å². The van der Waals surface area contributed by atoms with Gasteiger partial charge in [0.1, 0.15) is 11.5 Å². The maximum absolute atomic E-state index is 12.4. The molecule has 1 saturated heterocycles. The number of amides is 1. The summed E-state index contributed by atoms with van der Waals surface area (Å²) >= 11 is 0. The first kappa shape index (κ1) is 18.4. The fourth-order valence-electron chi connectivity index (χ4n) is 2.87. The Morgan fingerprint density at radius 3 is 2.35 bits per heavy atom. The lowest BCUT2D eigenvalue weighted by Crippen LogP contribution is -2.45. The van der Waals surface area contributed by atoms with Crippen LogP contribution in [0.2, 0.25) is 0 Å². The molecule has 3 rings (SSSR count). The molecule has 6 nitrogen and oxygen atoms in total. The van der Waals surface area contributed by atoms with Gasteiger partial charge in [-0.15, -0.1) is 0 Å². The van der Waals surface area contributed by atoms with Crippen LogP contribution < -0.4 is 4.74 Å². The fraction of sp³-hybridized carbons (Fsp3) is 0.316. The molecule has 2 aromatic carbocycles. The molecule has 0 aliphatic carbocycles. The fourth-order valence-corrected chi connectivity index (χ4v) is 3.47. The number of para-hydroxylation sites is 1. The number of rotatable bonds is 6. The summed E-state index contributed by atoms with van der Waals surface area (Å²) in [5.41, 5.74) is 0.943. The average Bonchev–Trinajstić information content (AvgIpc) is 2.60.